The Bertz CT molecular complexity index is 447. The molecule has 1 fully saturated rings. The van der Waals surface area contributed by atoms with Gasteiger partial charge in [-0.05, 0) is 11.1 Å². The van der Waals surface area contributed by atoms with Gasteiger partial charge in [-0.1, -0.05) is 36.0 Å². The minimum atomic E-state index is -0.214. The summed E-state index contributed by atoms with van der Waals surface area (Å²) in [5.74, 6) is 5.68. The molecule has 0 spiro atoms. The summed E-state index contributed by atoms with van der Waals surface area (Å²) in [4.78, 5) is 24.4. The largest absolute Gasteiger partial charge is 0.328 e. The lowest BCUT2D eigenvalue weighted by Crippen LogP contribution is -2.31. The summed E-state index contributed by atoms with van der Waals surface area (Å²) in [5.41, 5.74) is 4.08. The summed E-state index contributed by atoms with van der Waals surface area (Å²) in [6.45, 7) is 1.44. The van der Waals surface area contributed by atoms with Crippen molar-refractivity contribution in [1.82, 2.24) is 10.3 Å². The van der Waals surface area contributed by atoms with Gasteiger partial charge >= 0.3 is 0 Å². The van der Waals surface area contributed by atoms with E-state index in [1.807, 2.05) is 29.2 Å². The summed E-state index contributed by atoms with van der Waals surface area (Å²) in [6.07, 6.45) is 0.273. The van der Waals surface area contributed by atoms with E-state index in [0.29, 0.717) is 6.54 Å². The lowest BCUT2D eigenvalue weighted by Gasteiger charge is -2.14. The molecule has 0 radical (unpaired) electrons. The number of nitrogens with one attached hydrogen (secondary N) is 1. The molecular formula is C12H15N3O2S. The molecule has 2 rings (SSSR count). The third-order valence-corrected chi connectivity index (χ3v) is 3.66. The minimum Gasteiger partial charge on any atom is -0.328 e. The summed E-state index contributed by atoms with van der Waals surface area (Å²) < 4.78 is 0. The van der Waals surface area contributed by atoms with Gasteiger partial charge < -0.3 is 4.90 Å². The maximum atomic E-state index is 11.5. The highest BCUT2D eigenvalue weighted by Crippen LogP contribution is 2.19. The van der Waals surface area contributed by atoms with Crippen molar-refractivity contribution in [2.45, 2.75) is 13.0 Å². The van der Waals surface area contributed by atoms with E-state index in [-0.39, 0.29) is 17.6 Å². The maximum Gasteiger partial charge on any atom is 0.282 e. The summed E-state index contributed by atoms with van der Waals surface area (Å²) in [5, 5.41) is 0.140. The van der Waals surface area contributed by atoms with Crippen molar-refractivity contribution in [3.05, 3.63) is 35.4 Å². The van der Waals surface area contributed by atoms with Gasteiger partial charge in [0.25, 0.3) is 5.24 Å². The number of hydrogen-bond acceptors (Lipinski definition) is 4. The third kappa shape index (κ3) is 3.24. The van der Waals surface area contributed by atoms with E-state index >= 15 is 0 Å². The number of amides is 2. The van der Waals surface area contributed by atoms with Crippen LogP contribution >= 0.6 is 11.8 Å². The van der Waals surface area contributed by atoms with Gasteiger partial charge in [0.05, 0.1) is 6.42 Å². The average Bonchev–Trinajstić information content (AvgIpc) is 2.77. The first kappa shape index (κ1) is 12.9. The molecule has 0 aliphatic carbocycles. The first-order valence-electron chi connectivity index (χ1n) is 5.68. The normalized spacial score (nSPS) is 14.9. The van der Waals surface area contributed by atoms with E-state index in [0.717, 1.165) is 23.4 Å². The lowest BCUT2D eigenvalue weighted by molar-refractivity contribution is -0.120. The van der Waals surface area contributed by atoms with Gasteiger partial charge in [-0.3, -0.25) is 15.0 Å². The molecule has 1 saturated heterocycles. The van der Waals surface area contributed by atoms with E-state index in [2.05, 4.69) is 5.43 Å². The molecule has 5 nitrogen and oxygen atoms in total. The first-order chi connectivity index (χ1) is 8.69. The number of nitrogens with zero attached hydrogens (tertiary/aromatic N) is 1. The van der Waals surface area contributed by atoms with Gasteiger partial charge in [0, 0.05) is 18.8 Å². The van der Waals surface area contributed by atoms with Crippen molar-refractivity contribution >= 4 is 22.9 Å². The van der Waals surface area contributed by atoms with Crippen molar-refractivity contribution in [2.24, 2.45) is 5.84 Å². The second-order valence-electron chi connectivity index (χ2n) is 4.10. The fourth-order valence-corrected chi connectivity index (χ4v) is 2.61. The predicted molar refractivity (Wildman–Crippen MR) is 70.7 cm³/mol. The quantitative estimate of drug-likeness (QED) is 0.481. The average molecular weight is 265 g/mol. The van der Waals surface area contributed by atoms with E-state index in [1.54, 1.807) is 0 Å². The molecule has 0 bridgehead atoms. The topological polar surface area (TPSA) is 75.4 Å². The maximum absolute atomic E-state index is 11.5. The summed E-state index contributed by atoms with van der Waals surface area (Å²) >= 11 is 1.36. The molecule has 3 N–H and O–H groups in total. The molecule has 0 atom stereocenters. The van der Waals surface area contributed by atoms with Crippen LogP contribution < -0.4 is 11.3 Å². The van der Waals surface area contributed by atoms with Crippen LogP contribution in [-0.2, 0) is 17.8 Å². The van der Waals surface area contributed by atoms with Gasteiger partial charge in [-0.2, -0.15) is 0 Å². The number of carbonyl (C=O) groups excluding carboxylic acids is 2. The van der Waals surface area contributed by atoms with E-state index in [1.165, 1.54) is 11.8 Å². The van der Waals surface area contributed by atoms with Crippen molar-refractivity contribution < 1.29 is 9.59 Å². The number of thioether (sulfide) groups is 1. The van der Waals surface area contributed by atoms with E-state index < -0.39 is 0 Å². The van der Waals surface area contributed by atoms with E-state index in [4.69, 9.17) is 5.84 Å². The monoisotopic (exact) mass is 265 g/mol. The van der Waals surface area contributed by atoms with Crippen LogP contribution in [0.4, 0.5) is 4.79 Å². The van der Waals surface area contributed by atoms with Gasteiger partial charge in [0.1, 0.15) is 0 Å². The Morgan fingerprint density at radius 3 is 2.56 bits per heavy atom. The van der Waals surface area contributed by atoms with Crippen molar-refractivity contribution in [1.29, 1.82) is 0 Å². The Morgan fingerprint density at radius 2 is 2.00 bits per heavy atom. The first-order valence-corrected chi connectivity index (χ1v) is 6.66. The highest BCUT2D eigenvalue weighted by Gasteiger charge is 2.20. The molecule has 1 aliphatic heterocycles. The summed E-state index contributed by atoms with van der Waals surface area (Å²) in [7, 11) is 0. The minimum absolute atomic E-state index is 0.140. The second-order valence-corrected chi connectivity index (χ2v) is 5.14. The SMILES string of the molecule is NNC(=O)Cc1ccc(CN2CCSC2=O)cc1. The Kier molecular flexibility index (Phi) is 4.22. The van der Waals surface area contributed by atoms with Crippen molar-refractivity contribution in [3.63, 3.8) is 0 Å². The predicted octanol–water partition coefficient (Wildman–Crippen LogP) is 0.888. The molecule has 0 saturated carbocycles. The molecule has 0 unspecified atom stereocenters. The van der Waals surface area contributed by atoms with Gasteiger partial charge in [0.15, 0.2) is 0 Å². The molecule has 6 heteroatoms. The number of hydrogen-bond donors (Lipinski definition) is 2. The van der Waals surface area contributed by atoms with Crippen LogP contribution in [0, 0.1) is 0 Å². The molecule has 2 amide bonds. The standard InChI is InChI=1S/C12H15N3O2S/c13-14-11(16)7-9-1-3-10(4-2-9)8-15-5-6-18-12(15)17/h1-4H,5-8,13H2,(H,14,16). The van der Waals surface area contributed by atoms with Crippen LogP contribution in [0.15, 0.2) is 24.3 Å². The zero-order valence-corrected chi connectivity index (χ0v) is 10.7. The second kappa shape index (κ2) is 5.88. The molecule has 1 aromatic carbocycles. The van der Waals surface area contributed by atoms with Gasteiger partial charge in [0.2, 0.25) is 5.91 Å². The van der Waals surface area contributed by atoms with E-state index in [9.17, 15) is 9.59 Å². The van der Waals surface area contributed by atoms with Crippen molar-refractivity contribution in [3.8, 4) is 0 Å². The zero-order valence-electron chi connectivity index (χ0n) is 9.89. The molecule has 1 heterocycles. The number of hydrazine groups is 1. The van der Waals surface area contributed by atoms with Gasteiger partial charge in [-0.25, -0.2) is 5.84 Å². The molecule has 0 aromatic heterocycles. The Balaban J connectivity index is 1.95. The fourth-order valence-electron chi connectivity index (χ4n) is 1.79. The van der Waals surface area contributed by atoms with Crippen LogP contribution in [0.1, 0.15) is 11.1 Å². The number of carbonyl (C=O) groups is 2. The third-order valence-electron chi connectivity index (χ3n) is 2.77. The van der Waals surface area contributed by atoms with Crippen LogP contribution in [0.5, 0.6) is 0 Å². The number of rotatable bonds is 4. The fraction of sp³-hybridized carbons (Fsp3) is 0.333. The van der Waals surface area contributed by atoms with Crippen LogP contribution in [0.25, 0.3) is 0 Å². The molecule has 18 heavy (non-hydrogen) atoms. The zero-order chi connectivity index (χ0) is 13.0. The molecule has 96 valence electrons. The van der Waals surface area contributed by atoms with Crippen LogP contribution in [0.2, 0.25) is 0 Å². The number of nitrogens with two attached hydrogens (primary N) is 1. The Hall–Kier alpha value is -1.53. The van der Waals surface area contributed by atoms with Gasteiger partial charge in [-0.15, -0.1) is 0 Å². The lowest BCUT2D eigenvalue weighted by atomic mass is 10.1. The Labute approximate surface area is 110 Å². The molecule has 1 aromatic rings. The highest BCUT2D eigenvalue weighted by atomic mass is 32.2. The van der Waals surface area contributed by atoms with Crippen LogP contribution in [-0.4, -0.2) is 28.3 Å². The highest BCUT2D eigenvalue weighted by molar-refractivity contribution is 8.13. The van der Waals surface area contributed by atoms with Crippen molar-refractivity contribution in [2.75, 3.05) is 12.3 Å². The molecular weight excluding hydrogens is 250 g/mol. The Morgan fingerprint density at radius 1 is 1.33 bits per heavy atom. The summed E-state index contributed by atoms with van der Waals surface area (Å²) in [6, 6.07) is 7.65. The number of benzene rings is 1. The molecule has 1 aliphatic rings. The van der Waals surface area contributed by atoms with Crippen LogP contribution in [0.3, 0.4) is 0 Å². The smallest absolute Gasteiger partial charge is 0.282 e.